The van der Waals surface area contributed by atoms with Gasteiger partial charge in [-0.05, 0) is 25.7 Å². The number of ether oxygens (including phenoxy) is 1. The van der Waals surface area contributed by atoms with E-state index in [2.05, 4.69) is 4.90 Å². The third-order valence-corrected chi connectivity index (χ3v) is 4.43. The second-order valence-electron chi connectivity index (χ2n) is 5.61. The van der Waals surface area contributed by atoms with Crippen molar-refractivity contribution in [2.75, 3.05) is 39.4 Å². The first-order valence-corrected chi connectivity index (χ1v) is 7.51. The summed E-state index contributed by atoms with van der Waals surface area (Å²) >= 11 is 0. The zero-order chi connectivity index (χ0) is 13.7. The first-order valence-electron chi connectivity index (χ1n) is 7.51. The van der Waals surface area contributed by atoms with Crippen LogP contribution in [0, 0.1) is 0 Å². The van der Waals surface area contributed by atoms with Gasteiger partial charge in [0.1, 0.15) is 0 Å². The highest BCUT2D eigenvalue weighted by Crippen LogP contribution is 2.23. The average molecular weight is 269 g/mol. The summed E-state index contributed by atoms with van der Waals surface area (Å²) in [6.45, 7) is 6.88. The number of carbonyl (C=O) groups is 1. The molecular weight excluding hydrogens is 242 g/mol. The number of piperidine rings is 1. The van der Waals surface area contributed by atoms with Crippen LogP contribution in [0.4, 0.5) is 0 Å². The van der Waals surface area contributed by atoms with Crippen LogP contribution in [0.5, 0.6) is 0 Å². The van der Waals surface area contributed by atoms with Gasteiger partial charge in [-0.3, -0.25) is 9.69 Å². The van der Waals surface area contributed by atoms with Gasteiger partial charge in [0.15, 0.2) is 0 Å². The fourth-order valence-corrected chi connectivity index (χ4v) is 3.34. The molecule has 1 amide bonds. The van der Waals surface area contributed by atoms with Crippen LogP contribution in [0.3, 0.4) is 0 Å². The van der Waals surface area contributed by atoms with Crippen molar-refractivity contribution in [3.63, 3.8) is 0 Å². The topological polar surface area (TPSA) is 58.8 Å². The Kier molecular flexibility index (Phi) is 5.60. The molecule has 0 saturated carbocycles. The molecule has 110 valence electrons. The SMILES string of the molecule is CC(=O)N1CCC(N(CCN)C2CCOCC2)CC1. The van der Waals surface area contributed by atoms with E-state index in [4.69, 9.17) is 10.5 Å². The summed E-state index contributed by atoms with van der Waals surface area (Å²) in [5.74, 6) is 0.204. The lowest BCUT2D eigenvalue weighted by Crippen LogP contribution is -2.52. The van der Waals surface area contributed by atoms with Gasteiger partial charge in [0, 0.05) is 58.4 Å². The third kappa shape index (κ3) is 3.91. The summed E-state index contributed by atoms with van der Waals surface area (Å²) < 4.78 is 5.45. The van der Waals surface area contributed by atoms with Crippen molar-refractivity contribution in [3.8, 4) is 0 Å². The third-order valence-electron chi connectivity index (χ3n) is 4.43. The Labute approximate surface area is 116 Å². The Hall–Kier alpha value is -0.650. The van der Waals surface area contributed by atoms with Crippen LogP contribution in [0.1, 0.15) is 32.6 Å². The molecule has 5 nitrogen and oxygen atoms in total. The zero-order valence-corrected chi connectivity index (χ0v) is 12.0. The summed E-state index contributed by atoms with van der Waals surface area (Å²) in [5, 5.41) is 0. The van der Waals surface area contributed by atoms with E-state index < -0.39 is 0 Å². The fraction of sp³-hybridized carbons (Fsp3) is 0.929. The highest BCUT2D eigenvalue weighted by atomic mass is 16.5. The quantitative estimate of drug-likeness (QED) is 0.804. The molecule has 0 unspecified atom stereocenters. The second-order valence-corrected chi connectivity index (χ2v) is 5.61. The molecule has 0 aliphatic carbocycles. The van der Waals surface area contributed by atoms with E-state index in [-0.39, 0.29) is 5.91 Å². The monoisotopic (exact) mass is 269 g/mol. The standard InChI is InChI=1S/C14H27N3O2/c1-12(18)16-7-2-13(3-8-16)17(9-6-15)14-4-10-19-11-5-14/h13-14H,2-11,15H2,1H3. The molecule has 5 heteroatoms. The van der Waals surface area contributed by atoms with Crippen LogP contribution >= 0.6 is 0 Å². The first kappa shape index (κ1) is 14.8. The van der Waals surface area contributed by atoms with Crippen LogP contribution < -0.4 is 5.73 Å². The van der Waals surface area contributed by atoms with Gasteiger partial charge in [-0.25, -0.2) is 0 Å². The van der Waals surface area contributed by atoms with Gasteiger partial charge in [-0.1, -0.05) is 0 Å². The largest absolute Gasteiger partial charge is 0.381 e. The van der Waals surface area contributed by atoms with E-state index in [9.17, 15) is 4.79 Å². The molecule has 0 spiro atoms. The summed E-state index contributed by atoms with van der Waals surface area (Å²) in [4.78, 5) is 15.9. The summed E-state index contributed by atoms with van der Waals surface area (Å²) in [6, 6.07) is 1.20. The van der Waals surface area contributed by atoms with Crippen molar-refractivity contribution in [1.82, 2.24) is 9.80 Å². The molecule has 0 aromatic rings. The zero-order valence-electron chi connectivity index (χ0n) is 12.0. The molecule has 0 atom stereocenters. The van der Waals surface area contributed by atoms with E-state index in [0.717, 1.165) is 58.5 Å². The number of hydrogen-bond acceptors (Lipinski definition) is 4. The minimum Gasteiger partial charge on any atom is -0.381 e. The minimum atomic E-state index is 0.204. The highest BCUT2D eigenvalue weighted by molar-refractivity contribution is 5.73. The molecule has 19 heavy (non-hydrogen) atoms. The van der Waals surface area contributed by atoms with Crippen molar-refractivity contribution in [3.05, 3.63) is 0 Å². The second kappa shape index (κ2) is 7.22. The molecule has 2 aliphatic heterocycles. The van der Waals surface area contributed by atoms with Gasteiger partial charge in [0.05, 0.1) is 0 Å². The molecular formula is C14H27N3O2. The summed E-state index contributed by atoms with van der Waals surface area (Å²) in [7, 11) is 0. The predicted octanol–water partition coefficient (Wildman–Crippen LogP) is 0.437. The van der Waals surface area contributed by atoms with Gasteiger partial charge < -0.3 is 15.4 Å². The minimum absolute atomic E-state index is 0.204. The molecule has 0 radical (unpaired) electrons. The molecule has 2 saturated heterocycles. The van der Waals surface area contributed by atoms with Gasteiger partial charge >= 0.3 is 0 Å². The van der Waals surface area contributed by atoms with Crippen LogP contribution in [-0.2, 0) is 9.53 Å². The normalized spacial score (nSPS) is 23.0. The molecule has 0 aromatic carbocycles. The van der Waals surface area contributed by atoms with Crippen LogP contribution in [0.15, 0.2) is 0 Å². The molecule has 0 bridgehead atoms. The number of nitrogens with two attached hydrogens (primary N) is 1. The maximum atomic E-state index is 11.4. The average Bonchev–Trinajstić information content (AvgIpc) is 2.46. The number of amides is 1. The maximum absolute atomic E-state index is 11.4. The summed E-state index contributed by atoms with van der Waals surface area (Å²) in [6.07, 6.45) is 4.40. The number of likely N-dealkylation sites (tertiary alicyclic amines) is 1. The van der Waals surface area contributed by atoms with Gasteiger partial charge in [0.2, 0.25) is 5.91 Å². The Bertz CT molecular complexity index is 284. The lowest BCUT2D eigenvalue weighted by Gasteiger charge is -2.43. The molecule has 0 aromatic heterocycles. The Balaban J connectivity index is 1.90. The van der Waals surface area contributed by atoms with Crippen molar-refractivity contribution in [2.45, 2.75) is 44.7 Å². The van der Waals surface area contributed by atoms with Crippen LogP contribution in [-0.4, -0.2) is 67.2 Å². The number of rotatable bonds is 4. The van der Waals surface area contributed by atoms with E-state index in [1.54, 1.807) is 6.92 Å². The molecule has 2 N–H and O–H groups in total. The Morgan fingerprint density at radius 3 is 2.32 bits per heavy atom. The number of hydrogen-bond donors (Lipinski definition) is 1. The highest BCUT2D eigenvalue weighted by Gasteiger charge is 2.30. The smallest absolute Gasteiger partial charge is 0.219 e. The Morgan fingerprint density at radius 1 is 1.21 bits per heavy atom. The number of carbonyl (C=O) groups excluding carboxylic acids is 1. The van der Waals surface area contributed by atoms with Gasteiger partial charge in [-0.15, -0.1) is 0 Å². The predicted molar refractivity (Wildman–Crippen MR) is 74.9 cm³/mol. The van der Waals surface area contributed by atoms with Crippen LogP contribution in [0.25, 0.3) is 0 Å². The van der Waals surface area contributed by atoms with Crippen molar-refractivity contribution in [2.24, 2.45) is 5.73 Å². The van der Waals surface area contributed by atoms with E-state index in [0.29, 0.717) is 18.6 Å². The molecule has 2 heterocycles. The lowest BCUT2D eigenvalue weighted by molar-refractivity contribution is -0.130. The van der Waals surface area contributed by atoms with Gasteiger partial charge in [-0.2, -0.15) is 0 Å². The van der Waals surface area contributed by atoms with Crippen LogP contribution in [0.2, 0.25) is 0 Å². The van der Waals surface area contributed by atoms with Crippen molar-refractivity contribution in [1.29, 1.82) is 0 Å². The lowest BCUT2D eigenvalue weighted by atomic mass is 9.98. The van der Waals surface area contributed by atoms with E-state index >= 15 is 0 Å². The molecule has 2 fully saturated rings. The van der Waals surface area contributed by atoms with E-state index in [1.165, 1.54) is 0 Å². The number of nitrogens with zero attached hydrogens (tertiary/aromatic N) is 2. The first-order chi connectivity index (χ1) is 9.22. The van der Waals surface area contributed by atoms with Gasteiger partial charge in [0.25, 0.3) is 0 Å². The Morgan fingerprint density at radius 2 is 1.79 bits per heavy atom. The van der Waals surface area contributed by atoms with E-state index in [1.807, 2.05) is 4.90 Å². The van der Waals surface area contributed by atoms with Crippen molar-refractivity contribution >= 4 is 5.91 Å². The molecule has 2 aliphatic rings. The molecule has 2 rings (SSSR count). The summed E-state index contributed by atoms with van der Waals surface area (Å²) in [5.41, 5.74) is 5.78. The fourth-order valence-electron chi connectivity index (χ4n) is 3.34. The van der Waals surface area contributed by atoms with Crippen molar-refractivity contribution < 1.29 is 9.53 Å². The maximum Gasteiger partial charge on any atom is 0.219 e.